The molecule has 1 fully saturated rings. The summed E-state index contributed by atoms with van der Waals surface area (Å²) in [5.74, 6) is 0. The van der Waals surface area contributed by atoms with Gasteiger partial charge in [-0.2, -0.15) is 0 Å². The lowest BCUT2D eigenvalue weighted by Gasteiger charge is -2.33. The molecule has 1 aliphatic rings. The molecule has 0 bridgehead atoms. The third-order valence-corrected chi connectivity index (χ3v) is 2.29. The Morgan fingerprint density at radius 3 is 3.09 bits per heavy atom. The summed E-state index contributed by atoms with van der Waals surface area (Å²) < 4.78 is 0. The van der Waals surface area contributed by atoms with Crippen LogP contribution in [0.15, 0.2) is 0 Å². The van der Waals surface area contributed by atoms with Gasteiger partial charge in [0, 0.05) is 25.7 Å². The highest BCUT2D eigenvalue weighted by atomic mass is 15.2. The molecular weight excluding hydrogens is 138 g/mol. The van der Waals surface area contributed by atoms with Gasteiger partial charge in [0.15, 0.2) is 0 Å². The van der Waals surface area contributed by atoms with Crippen LogP contribution < -0.4 is 11.1 Å². The summed E-state index contributed by atoms with van der Waals surface area (Å²) in [5, 5.41) is 3.37. The van der Waals surface area contributed by atoms with E-state index >= 15 is 0 Å². The minimum absolute atomic E-state index is 0.690. The van der Waals surface area contributed by atoms with Crippen LogP contribution >= 0.6 is 0 Å². The van der Waals surface area contributed by atoms with Crippen molar-refractivity contribution in [2.45, 2.75) is 19.4 Å². The van der Waals surface area contributed by atoms with E-state index in [-0.39, 0.29) is 0 Å². The molecule has 0 radical (unpaired) electrons. The van der Waals surface area contributed by atoms with Gasteiger partial charge in [-0.15, -0.1) is 0 Å². The predicted molar refractivity (Wildman–Crippen MR) is 47.6 cm³/mol. The average Bonchev–Trinajstić information content (AvgIpc) is 2.03. The highest BCUT2D eigenvalue weighted by Gasteiger charge is 2.15. The fraction of sp³-hybridized carbons (Fsp3) is 1.00. The fourth-order valence-electron chi connectivity index (χ4n) is 1.51. The molecule has 11 heavy (non-hydrogen) atoms. The molecule has 0 aliphatic carbocycles. The Labute approximate surface area is 68.9 Å². The highest BCUT2D eigenvalue weighted by Crippen LogP contribution is 2.01. The third kappa shape index (κ3) is 2.77. The summed E-state index contributed by atoms with van der Waals surface area (Å²) >= 11 is 0. The van der Waals surface area contributed by atoms with Crippen LogP contribution in [0.25, 0.3) is 0 Å². The Morgan fingerprint density at radius 2 is 2.45 bits per heavy atom. The van der Waals surface area contributed by atoms with Crippen LogP contribution in [0.4, 0.5) is 0 Å². The summed E-state index contributed by atoms with van der Waals surface area (Å²) in [6.07, 6.45) is 1.13. The van der Waals surface area contributed by atoms with Crippen LogP contribution in [-0.2, 0) is 0 Å². The number of hydrogen-bond donors (Lipinski definition) is 2. The molecule has 0 spiro atoms. The van der Waals surface area contributed by atoms with Crippen molar-refractivity contribution in [3.05, 3.63) is 0 Å². The van der Waals surface area contributed by atoms with Gasteiger partial charge >= 0.3 is 0 Å². The van der Waals surface area contributed by atoms with Gasteiger partial charge in [0.25, 0.3) is 0 Å². The van der Waals surface area contributed by atoms with Crippen LogP contribution in [0.5, 0.6) is 0 Å². The van der Waals surface area contributed by atoms with E-state index in [0.717, 1.165) is 26.1 Å². The lowest BCUT2D eigenvalue weighted by Crippen LogP contribution is -2.50. The first-order valence-electron chi connectivity index (χ1n) is 4.49. The Balaban J connectivity index is 2.18. The molecule has 66 valence electrons. The van der Waals surface area contributed by atoms with Crippen molar-refractivity contribution >= 4 is 0 Å². The second-order valence-corrected chi connectivity index (χ2v) is 3.23. The molecule has 3 N–H and O–H groups in total. The highest BCUT2D eigenvalue weighted by molar-refractivity contribution is 4.75. The number of nitrogens with one attached hydrogen (secondary N) is 1. The van der Waals surface area contributed by atoms with Crippen molar-refractivity contribution < 1.29 is 0 Å². The zero-order valence-corrected chi connectivity index (χ0v) is 7.34. The van der Waals surface area contributed by atoms with Gasteiger partial charge in [-0.25, -0.2) is 0 Å². The summed E-state index contributed by atoms with van der Waals surface area (Å²) in [4.78, 5) is 2.50. The lowest BCUT2D eigenvalue weighted by molar-refractivity contribution is 0.173. The maximum absolute atomic E-state index is 5.45. The fourth-order valence-corrected chi connectivity index (χ4v) is 1.51. The van der Waals surface area contributed by atoms with Gasteiger partial charge in [-0.05, 0) is 26.4 Å². The Bertz CT molecular complexity index is 106. The maximum atomic E-state index is 5.45. The van der Waals surface area contributed by atoms with Gasteiger partial charge in [-0.1, -0.05) is 0 Å². The van der Waals surface area contributed by atoms with E-state index in [0.29, 0.717) is 6.04 Å². The van der Waals surface area contributed by atoms with Gasteiger partial charge in [0.2, 0.25) is 0 Å². The molecule has 1 heterocycles. The minimum Gasteiger partial charge on any atom is -0.330 e. The summed E-state index contributed by atoms with van der Waals surface area (Å²) in [5.41, 5.74) is 5.45. The monoisotopic (exact) mass is 157 g/mol. The molecule has 1 atom stereocenters. The molecule has 0 aromatic carbocycles. The van der Waals surface area contributed by atoms with E-state index in [4.69, 9.17) is 5.73 Å². The first-order valence-corrected chi connectivity index (χ1v) is 4.49. The number of piperazine rings is 1. The Morgan fingerprint density at radius 1 is 1.64 bits per heavy atom. The van der Waals surface area contributed by atoms with Crippen LogP contribution in [0.1, 0.15) is 13.3 Å². The van der Waals surface area contributed by atoms with Crippen LogP contribution in [0.3, 0.4) is 0 Å². The number of nitrogens with zero attached hydrogens (tertiary/aromatic N) is 1. The van der Waals surface area contributed by atoms with Crippen LogP contribution in [0.2, 0.25) is 0 Å². The predicted octanol–water partition coefficient (Wildman–Crippen LogP) is -0.371. The summed E-state index contributed by atoms with van der Waals surface area (Å²) in [6, 6.07) is 0.690. The first-order chi connectivity index (χ1) is 5.34. The zero-order chi connectivity index (χ0) is 8.10. The second kappa shape index (κ2) is 4.70. The maximum Gasteiger partial charge on any atom is 0.0192 e. The van der Waals surface area contributed by atoms with Gasteiger partial charge < -0.3 is 11.1 Å². The molecule has 0 amide bonds. The number of nitrogens with two attached hydrogens (primary N) is 1. The first kappa shape index (κ1) is 8.97. The van der Waals surface area contributed by atoms with Crippen molar-refractivity contribution in [3.63, 3.8) is 0 Å². The average molecular weight is 157 g/mol. The third-order valence-electron chi connectivity index (χ3n) is 2.29. The Kier molecular flexibility index (Phi) is 3.83. The van der Waals surface area contributed by atoms with E-state index in [9.17, 15) is 0 Å². The van der Waals surface area contributed by atoms with Crippen molar-refractivity contribution in [2.75, 3.05) is 32.7 Å². The standard InChI is InChI=1S/C8H19N3/c1-8-7-10-4-6-11(8)5-2-3-9/h8,10H,2-7,9H2,1H3. The normalized spacial score (nSPS) is 27.3. The van der Waals surface area contributed by atoms with Gasteiger partial charge in [0.1, 0.15) is 0 Å². The van der Waals surface area contributed by atoms with E-state index < -0.39 is 0 Å². The van der Waals surface area contributed by atoms with Crippen molar-refractivity contribution in [1.82, 2.24) is 10.2 Å². The molecule has 3 heteroatoms. The minimum atomic E-state index is 0.690. The van der Waals surface area contributed by atoms with E-state index in [1.165, 1.54) is 13.1 Å². The summed E-state index contributed by atoms with van der Waals surface area (Å²) in [6.45, 7) is 7.69. The topological polar surface area (TPSA) is 41.3 Å². The number of rotatable bonds is 3. The van der Waals surface area contributed by atoms with Crippen molar-refractivity contribution in [3.8, 4) is 0 Å². The number of hydrogen-bond acceptors (Lipinski definition) is 3. The van der Waals surface area contributed by atoms with Gasteiger partial charge in [-0.3, -0.25) is 4.90 Å². The van der Waals surface area contributed by atoms with Crippen LogP contribution in [-0.4, -0.2) is 43.7 Å². The van der Waals surface area contributed by atoms with Crippen LogP contribution in [0, 0.1) is 0 Å². The van der Waals surface area contributed by atoms with Gasteiger partial charge in [0.05, 0.1) is 0 Å². The van der Waals surface area contributed by atoms with E-state index in [1.54, 1.807) is 0 Å². The lowest BCUT2D eigenvalue weighted by atomic mass is 10.2. The molecule has 1 unspecified atom stereocenters. The smallest absolute Gasteiger partial charge is 0.0192 e. The summed E-state index contributed by atoms with van der Waals surface area (Å²) in [7, 11) is 0. The quantitative estimate of drug-likeness (QED) is 0.587. The molecule has 1 aliphatic heterocycles. The van der Waals surface area contributed by atoms with E-state index in [2.05, 4.69) is 17.1 Å². The molecule has 3 nitrogen and oxygen atoms in total. The van der Waals surface area contributed by atoms with E-state index in [1.807, 2.05) is 0 Å². The second-order valence-electron chi connectivity index (χ2n) is 3.23. The molecule has 1 rings (SSSR count). The van der Waals surface area contributed by atoms with Crippen molar-refractivity contribution in [2.24, 2.45) is 5.73 Å². The zero-order valence-electron chi connectivity index (χ0n) is 7.34. The molecule has 0 aromatic rings. The molecular formula is C8H19N3. The molecule has 1 saturated heterocycles. The molecule has 0 aromatic heterocycles. The largest absolute Gasteiger partial charge is 0.330 e. The SMILES string of the molecule is CC1CNCCN1CCCN. The Hall–Kier alpha value is -0.120. The molecule has 0 saturated carbocycles. The van der Waals surface area contributed by atoms with Crippen molar-refractivity contribution in [1.29, 1.82) is 0 Å².